The van der Waals surface area contributed by atoms with E-state index in [1.54, 1.807) is 6.92 Å². The number of hydrogen-bond donors (Lipinski definition) is 2. The summed E-state index contributed by atoms with van der Waals surface area (Å²) in [6.07, 6.45) is 0.808. The highest BCUT2D eigenvalue weighted by molar-refractivity contribution is 7.80. The van der Waals surface area contributed by atoms with Gasteiger partial charge in [-0.1, -0.05) is 26.1 Å². The van der Waals surface area contributed by atoms with Gasteiger partial charge in [-0.15, -0.1) is 0 Å². The van der Waals surface area contributed by atoms with Crippen molar-refractivity contribution < 1.29 is 9.53 Å². The Bertz CT molecular complexity index is 232. The van der Waals surface area contributed by atoms with Crippen molar-refractivity contribution in [2.75, 3.05) is 19.8 Å². The zero-order chi connectivity index (χ0) is 12.6. The smallest absolute Gasteiger partial charge is 0.229 e. The minimum Gasteiger partial charge on any atom is -0.393 e. The molecule has 0 aromatic rings. The van der Waals surface area contributed by atoms with Crippen molar-refractivity contribution in [2.45, 2.75) is 27.2 Å². The average Bonchev–Trinajstić information content (AvgIpc) is 2.21. The summed E-state index contributed by atoms with van der Waals surface area (Å²) < 4.78 is 5.38. The SMILES string of the molecule is CC(C)COCCCNC(=O)C(C)C(N)=S. The van der Waals surface area contributed by atoms with E-state index >= 15 is 0 Å². The zero-order valence-electron chi connectivity index (χ0n) is 10.3. The molecule has 0 rings (SSSR count). The molecule has 0 bridgehead atoms. The van der Waals surface area contributed by atoms with Gasteiger partial charge in [0.2, 0.25) is 5.91 Å². The average molecular weight is 246 g/mol. The highest BCUT2D eigenvalue weighted by atomic mass is 32.1. The Morgan fingerprint density at radius 1 is 1.44 bits per heavy atom. The summed E-state index contributed by atoms with van der Waals surface area (Å²) in [4.78, 5) is 11.6. The Morgan fingerprint density at radius 3 is 2.56 bits per heavy atom. The molecule has 0 aliphatic rings. The molecule has 4 nitrogen and oxygen atoms in total. The lowest BCUT2D eigenvalue weighted by atomic mass is 10.1. The summed E-state index contributed by atoms with van der Waals surface area (Å²) in [7, 11) is 0. The lowest BCUT2D eigenvalue weighted by Crippen LogP contribution is -2.36. The van der Waals surface area contributed by atoms with Crippen LogP contribution in [0.5, 0.6) is 0 Å². The molecular weight excluding hydrogens is 224 g/mol. The van der Waals surface area contributed by atoms with Gasteiger partial charge in [0, 0.05) is 19.8 Å². The molecule has 0 saturated carbocycles. The first-order valence-electron chi connectivity index (χ1n) is 5.60. The number of carbonyl (C=O) groups is 1. The van der Waals surface area contributed by atoms with Crippen molar-refractivity contribution in [2.24, 2.45) is 17.6 Å². The number of hydrogen-bond acceptors (Lipinski definition) is 3. The zero-order valence-corrected chi connectivity index (χ0v) is 11.1. The van der Waals surface area contributed by atoms with Crippen molar-refractivity contribution in [3.8, 4) is 0 Å². The van der Waals surface area contributed by atoms with Gasteiger partial charge in [-0.3, -0.25) is 4.79 Å². The van der Waals surface area contributed by atoms with Gasteiger partial charge >= 0.3 is 0 Å². The fourth-order valence-corrected chi connectivity index (χ4v) is 1.09. The minimum atomic E-state index is -0.397. The van der Waals surface area contributed by atoms with Crippen LogP contribution in [0.2, 0.25) is 0 Å². The lowest BCUT2D eigenvalue weighted by molar-refractivity contribution is -0.122. The number of amides is 1. The van der Waals surface area contributed by atoms with Gasteiger partial charge in [-0.25, -0.2) is 0 Å². The monoisotopic (exact) mass is 246 g/mol. The van der Waals surface area contributed by atoms with Gasteiger partial charge in [0.1, 0.15) is 0 Å². The predicted octanol–water partition coefficient (Wildman–Crippen LogP) is 1.09. The summed E-state index contributed by atoms with van der Waals surface area (Å²) in [6, 6.07) is 0. The van der Waals surface area contributed by atoms with Crippen LogP contribution in [0, 0.1) is 11.8 Å². The normalized spacial score (nSPS) is 12.5. The summed E-state index contributed by atoms with van der Waals surface area (Å²) in [5.74, 6) is 0.0344. The van der Waals surface area contributed by atoms with Crippen molar-refractivity contribution in [3.63, 3.8) is 0 Å². The van der Waals surface area contributed by atoms with E-state index in [1.807, 2.05) is 0 Å². The molecule has 0 spiro atoms. The third kappa shape index (κ3) is 7.59. The molecule has 0 aromatic carbocycles. The number of nitrogens with two attached hydrogens (primary N) is 1. The molecule has 16 heavy (non-hydrogen) atoms. The second-order valence-corrected chi connectivity index (χ2v) is 4.71. The maximum Gasteiger partial charge on any atom is 0.229 e. The third-order valence-electron chi connectivity index (χ3n) is 2.04. The predicted molar refractivity (Wildman–Crippen MR) is 69.2 cm³/mol. The topological polar surface area (TPSA) is 64.3 Å². The van der Waals surface area contributed by atoms with Crippen LogP contribution in [-0.4, -0.2) is 30.7 Å². The quantitative estimate of drug-likeness (QED) is 0.497. The lowest BCUT2D eigenvalue weighted by Gasteiger charge is -2.11. The molecule has 94 valence electrons. The summed E-state index contributed by atoms with van der Waals surface area (Å²) in [5, 5.41) is 2.77. The summed E-state index contributed by atoms with van der Waals surface area (Å²) >= 11 is 4.74. The van der Waals surface area contributed by atoms with Crippen LogP contribution in [-0.2, 0) is 9.53 Å². The van der Waals surface area contributed by atoms with E-state index in [2.05, 4.69) is 19.2 Å². The van der Waals surface area contributed by atoms with Crippen molar-refractivity contribution >= 4 is 23.1 Å². The fourth-order valence-electron chi connectivity index (χ4n) is 0.987. The molecule has 1 amide bonds. The molecule has 1 unspecified atom stereocenters. The Morgan fingerprint density at radius 2 is 2.06 bits per heavy atom. The van der Waals surface area contributed by atoms with E-state index < -0.39 is 5.92 Å². The minimum absolute atomic E-state index is 0.114. The molecule has 0 saturated heterocycles. The highest BCUT2D eigenvalue weighted by Crippen LogP contribution is 1.95. The summed E-state index contributed by atoms with van der Waals surface area (Å²) in [6.45, 7) is 7.94. The first-order chi connectivity index (χ1) is 7.45. The summed E-state index contributed by atoms with van der Waals surface area (Å²) in [5.41, 5.74) is 5.37. The highest BCUT2D eigenvalue weighted by Gasteiger charge is 2.14. The largest absolute Gasteiger partial charge is 0.393 e. The van der Waals surface area contributed by atoms with Crippen LogP contribution in [0.25, 0.3) is 0 Å². The van der Waals surface area contributed by atoms with Crippen molar-refractivity contribution in [3.05, 3.63) is 0 Å². The Labute approximate surface area is 103 Å². The van der Waals surface area contributed by atoms with Gasteiger partial charge in [0.15, 0.2) is 0 Å². The molecule has 1 atom stereocenters. The molecule has 0 aromatic heterocycles. The molecule has 5 heteroatoms. The van der Waals surface area contributed by atoms with Crippen LogP contribution in [0.4, 0.5) is 0 Å². The standard InChI is InChI=1S/C11H22N2O2S/c1-8(2)7-15-6-4-5-13-11(14)9(3)10(12)16/h8-9H,4-7H2,1-3H3,(H2,12,16)(H,13,14). The molecule has 0 radical (unpaired) electrons. The first-order valence-corrected chi connectivity index (χ1v) is 6.00. The van der Waals surface area contributed by atoms with Gasteiger partial charge < -0.3 is 15.8 Å². The van der Waals surface area contributed by atoms with E-state index in [4.69, 9.17) is 22.7 Å². The van der Waals surface area contributed by atoms with E-state index in [0.29, 0.717) is 19.1 Å². The van der Waals surface area contributed by atoms with Crippen LogP contribution >= 0.6 is 12.2 Å². The van der Waals surface area contributed by atoms with Gasteiger partial charge in [-0.2, -0.15) is 0 Å². The number of rotatable bonds is 8. The molecule has 0 aliphatic heterocycles. The van der Waals surface area contributed by atoms with Gasteiger partial charge in [0.25, 0.3) is 0 Å². The molecule has 0 heterocycles. The molecule has 0 fully saturated rings. The number of nitrogens with one attached hydrogen (secondary N) is 1. The maximum absolute atomic E-state index is 11.4. The van der Waals surface area contributed by atoms with Crippen LogP contribution < -0.4 is 11.1 Å². The molecule has 0 aliphatic carbocycles. The van der Waals surface area contributed by atoms with Gasteiger partial charge in [0.05, 0.1) is 10.9 Å². The Kier molecular flexibility index (Phi) is 8.11. The number of carbonyl (C=O) groups excluding carboxylic acids is 1. The van der Waals surface area contributed by atoms with Gasteiger partial charge in [-0.05, 0) is 19.3 Å². The van der Waals surface area contributed by atoms with Crippen LogP contribution in [0.15, 0.2) is 0 Å². The maximum atomic E-state index is 11.4. The van der Waals surface area contributed by atoms with E-state index in [0.717, 1.165) is 13.0 Å². The Hall–Kier alpha value is -0.680. The molecular formula is C11H22N2O2S. The van der Waals surface area contributed by atoms with Crippen molar-refractivity contribution in [1.82, 2.24) is 5.32 Å². The van der Waals surface area contributed by atoms with Crippen molar-refractivity contribution in [1.29, 1.82) is 0 Å². The number of ether oxygens (including phenoxy) is 1. The second-order valence-electron chi connectivity index (χ2n) is 4.24. The second kappa shape index (κ2) is 8.47. The van der Waals surface area contributed by atoms with E-state index in [1.165, 1.54) is 0 Å². The van der Waals surface area contributed by atoms with E-state index in [-0.39, 0.29) is 10.9 Å². The van der Waals surface area contributed by atoms with Crippen LogP contribution in [0.3, 0.4) is 0 Å². The van der Waals surface area contributed by atoms with Crippen LogP contribution in [0.1, 0.15) is 27.2 Å². The molecule has 3 N–H and O–H groups in total. The number of thiocarbonyl (C=S) groups is 1. The third-order valence-corrected chi connectivity index (χ3v) is 2.39. The fraction of sp³-hybridized carbons (Fsp3) is 0.818. The van der Waals surface area contributed by atoms with E-state index in [9.17, 15) is 4.79 Å². The first kappa shape index (κ1) is 15.3. The Balaban J connectivity index is 3.45.